The van der Waals surface area contributed by atoms with Gasteiger partial charge in [0.15, 0.2) is 6.61 Å². The number of rotatable bonds is 5. The number of hydrogen-bond acceptors (Lipinski definition) is 4. The Bertz CT molecular complexity index is 602. The van der Waals surface area contributed by atoms with E-state index in [0.29, 0.717) is 51.6 Å². The summed E-state index contributed by atoms with van der Waals surface area (Å²) in [6, 6.07) is 5.58. The maximum Gasteiger partial charge on any atom is 0.260 e. The number of benzene rings is 1. The topological polar surface area (TPSA) is 59.1 Å². The summed E-state index contributed by atoms with van der Waals surface area (Å²) < 4.78 is 23.5. The summed E-state index contributed by atoms with van der Waals surface area (Å²) in [5.41, 5.74) is 0. The summed E-state index contributed by atoms with van der Waals surface area (Å²) in [6.07, 6.45) is 1.31. The van der Waals surface area contributed by atoms with E-state index in [1.54, 1.807) is 4.90 Å². The molecule has 25 heavy (non-hydrogen) atoms. The number of halogens is 1. The van der Waals surface area contributed by atoms with Crippen molar-refractivity contribution >= 4 is 11.8 Å². The molecule has 6 nitrogen and oxygen atoms in total. The van der Waals surface area contributed by atoms with Crippen LogP contribution in [0, 0.1) is 11.7 Å². The molecule has 1 atom stereocenters. The molecule has 0 aliphatic carbocycles. The molecular weight excluding hydrogens is 327 g/mol. The average molecular weight is 350 g/mol. The summed E-state index contributed by atoms with van der Waals surface area (Å²) >= 11 is 0. The van der Waals surface area contributed by atoms with Crippen molar-refractivity contribution in [3.8, 4) is 5.75 Å². The zero-order valence-corrected chi connectivity index (χ0v) is 14.2. The lowest BCUT2D eigenvalue weighted by Gasteiger charge is -2.27. The summed E-state index contributed by atoms with van der Waals surface area (Å²) in [4.78, 5) is 28.1. The Hall–Kier alpha value is -2.15. The Balaban J connectivity index is 1.41. The van der Waals surface area contributed by atoms with Gasteiger partial charge in [-0.2, -0.15) is 0 Å². The average Bonchev–Trinajstić information content (AvgIpc) is 3.10. The molecule has 136 valence electrons. The molecule has 2 aliphatic heterocycles. The van der Waals surface area contributed by atoms with E-state index < -0.39 is 0 Å². The monoisotopic (exact) mass is 350 g/mol. The predicted octanol–water partition coefficient (Wildman–Crippen LogP) is 1.30. The number of amides is 2. The second kappa shape index (κ2) is 8.29. The first-order valence-corrected chi connectivity index (χ1v) is 8.63. The van der Waals surface area contributed by atoms with E-state index in [0.717, 1.165) is 6.42 Å². The van der Waals surface area contributed by atoms with Gasteiger partial charge >= 0.3 is 0 Å². The van der Waals surface area contributed by atoms with Crippen LogP contribution in [0.1, 0.15) is 12.8 Å². The second-order valence-electron chi connectivity index (χ2n) is 6.43. The zero-order valence-electron chi connectivity index (χ0n) is 14.2. The van der Waals surface area contributed by atoms with E-state index in [-0.39, 0.29) is 30.2 Å². The minimum atomic E-state index is -0.342. The molecule has 2 fully saturated rings. The molecule has 2 heterocycles. The van der Waals surface area contributed by atoms with Gasteiger partial charge in [0, 0.05) is 32.6 Å². The van der Waals surface area contributed by atoms with E-state index in [1.807, 2.05) is 4.90 Å². The first-order valence-electron chi connectivity index (χ1n) is 8.63. The summed E-state index contributed by atoms with van der Waals surface area (Å²) in [5.74, 6) is 0.361. The molecule has 0 saturated carbocycles. The summed E-state index contributed by atoms with van der Waals surface area (Å²) in [7, 11) is 0. The Kier molecular flexibility index (Phi) is 5.86. The maximum atomic E-state index is 12.8. The van der Waals surface area contributed by atoms with Crippen LogP contribution in [0.15, 0.2) is 24.3 Å². The quantitative estimate of drug-likeness (QED) is 0.803. The van der Waals surface area contributed by atoms with Gasteiger partial charge in [0.2, 0.25) is 5.91 Å². The number of carbonyl (C=O) groups is 2. The number of hydrogen-bond donors (Lipinski definition) is 0. The molecule has 2 saturated heterocycles. The predicted molar refractivity (Wildman–Crippen MR) is 88.6 cm³/mol. The molecule has 0 radical (unpaired) electrons. The van der Waals surface area contributed by atoms with Gasteiger partial charge in [-0.3, -0.25) is 9.59 Å². The smallest absolute Gasteiger partial charge is 0.260 e. The fourth-order valence-corrected chi connectivity index (χ4v) is 3.18. The highest BCUT2D eigenvalue weighted by Gasteiger charge is 2.29. The summed E-state index contributed by atoms with van der Waals surface area (Å²) in [5, 5.41) is 0. The number of ether oxygens (including phenoxy) is 2. The van der Waals surface area contributed by atoms with Crippen molar-refractivity contribution < 1.29 is 23.5 Å². The standard InChI is InChI=1S/C18H23FN2O4/c19-15-1-3-16(4-2-15)25-13-18(23)21-6-5-14(12-21)11-17(22)20-7-9-24-10-8-20/h1-4,14H,5-13H2. The minimum Gasteiger partial charge on any atom is -0.484 e. The fraction of sp³-hybridized carbons (Fsp3) is 0.556. The molecule has 1 aromatic carbocycles. The molecule has 0 bridgehead atoms. The van der Waals surface area contributed by atoms with Crippen molar-refractivity contribution in [2.45, 2.75) is 12.8 Å². The number of carbonyl (C=O) groups excluding carboxylic acids is 2. The molecule has 0 aromatic heterocycles. The van der Waals surface area contributed by atoms with Gasteiger partial charge in [0.25, 0.3) is 5.91 Å². The Labute approximate surface area is 146 Å². The molecular formula is C18H23FN2O4. The lowest BCUT2D eigenvalue weighted by molar-refractivity contribution is -0.137. The van der Waals surface area contributed by atoms with E-state index >= 15 is 0 Å². The third kappa shape index (κ3) is 4.92. The molecule has 0 spiro atoms. The highest BCUT2D eigenvalue weighted by atomic mass is 19.1. The second-order valence-corrected chi connectivity index (χ2v) is 6.43. The van der Waals surface area contributed by atoms with Crippen molar-refractivity contribution in [3.05, 3.63) is 30.1 Å². The van der Waals surface area contributed by atoms with Crippen LogP contribution in [0.3, 0.4) is 0 Å². The van der Waals surface area contributed by atoms with Crippen molar-refractivity contribution in [1.29, 1.82) is 0 Å². The molecule has 3 rings (SSSR count). The molecule has 2 aliphatic rings. The van der Waals surface area contributed by atoms with Gasteiger partial charge in [-0.05, 0) is 36.6 Å². The largest absolute Gasteiger partial charge is 0.484 e. The van der Waals surface area contributed by atoms with Gasteiger partial charge in [-0.15, -0.1) is 0 Å². The molecule has 2 amide bonds. The number of nitrogens with zero attached hydrogens (tertiary/aromatic N) is 2. The Morgan fingerprint density at radius 2 is 1.80 bits per heavy atom. The van der Waals surface area contributed by atoms with Crippen LogP contribution < -0.4 is 4.74 Å². The fourth-order valence-electron chi connectivity index (χ4n) is 3.18. The van der Waals surface area contributed by atoms with Crippen LogP contribution >= 0.6 is 0 Å². The Morgan fingerprint density at radius 3 is 2.52 bits per heavy atom. The van der Waals surface area contributed by atoms with Crippen LogP contribution in [-0.2, 0) is 14.3 Å². The number of morpholine rings is 1. The third-order valence-electron chi connectivity index (χ3n) is 4.64. The van der Waals surface area contributed by atoms with Crippen molar-refractivity contribution in [3.63, 3.8) is 0 Å². The van der Waals surface area contributed by atoms with Crippen LogP contribution in [0.4, 0.5) is 4.39 Å². The first kappa shape index (κ1) is 17.7. The minimum absolute atomic E-state index is 0.0736. The van der Waals surface area contributed by atoms with Crippen LogP contribution in [0.5, 0.6) is 5.75 Å². The van der Waals surface area contributed by atoms with E-state index in [9.17, 15) is 14.0 Å². The van der Waals surface area contributed by atoms with Crippen molar-refractivity contribution in [2.75, 3.05) is 46.0 Å². The summed E-state index contributed by atoms with van der Waals surface area (Å²) in [6.45, 7) is 3.66. The zero-order chi connectivity index (χ0) is 17.6. The van der Waals surface area contributed by atoms with Crippen molar-refractivity contribution in [1.82, 2.24) is 9.80 Å². The normalized spacial score (nSPS) is 20.6. The molecule has 0 N–H and O–H groups in total. The van der Waals surface area contributed by atoms with Gasteiger partial charge in [0.05, 0.1) is 13.2 Å². The molecule has 1 aromatic rings. The first-order chi connectivity index (χ1) is 12.1. The number of likely N-dealkylation sites (tertiary alicyclic amines) is 1. The van der Waals surface area contributed by atoms with E-state index in [4.69, 9.17) is 9.47 Å². The van der Waals surface area contributed by atoms with Gasteiger partial charge < -0.3 is 19.3 Å². The lowest BCUT2D eigenvalue weighted by Crippen LogP contribution is -2.41. The SMILES string of the molecule is O=C(CC1CCN(C(=O)COc2ccc(F)cc2)C1)N1CCOCC1. The lowest BCUT2D eigenvalue weighted by atomic mass is 10.0. The van der Waals surface area contributed by atoms with Crippen molar-refractivity contribution in [2.24, 2.45) is 5.92 Å². The van der Waals surface area contributed by atoms with E-state index in [2.05, 4.69) is 0 Å². The maximum absolute atomic E-state index is 12.8. The van der Waals surface area contributed by atoms with E-state index in [1.165, 1.54) is 24.3 Å². The molecule has 7 heteroatoms. The van der Waals surface area contributed by atoms with Gasteiger partial charge in [-0.25, -0.2) is 4.39 Å². The van der Waals surface area contributed by atoms with Crippen LogP contribution in [0.25, 0.3) is 0 Å². The van der Waals surface area contributed by atoms with Crippen LogP contribution in [-0.4, -0.2) is 67.6 Å². The van der Waals surface area contributed by atoms with Gasteiger partial charge in [0.1, 0.15) is 11.6 Å². The van der Waals surface area contributed by atoms with Gasteiger partial charge in [-0.1, -0.05) is 0 Å². The van der Waals surface area contributed by atoms with Crippen LogP contribution in [0.2, 0.25) is 0 Å². The highest BCUT2D eigenvalue weighted by Crippen LogP contribution is 2.21. The highest BCUT2D eigenvalue weighted by molar-refractivity contribution is 5.79. The molecule has 1 unspecified atom stereocenters. The third-order valence-corrected chi connectivity index (χ3v) is 4.64. The Morgan fingerprint density at radius 1 is 1.08 bits per heavy atom.